The standard InChI is InChI=1S/C16H9ClN2O5S/c17-14-11(7-1-3-8(4-2-7)24-6-10(20)21)12-13(22)9(5-18)15(23)19-16(12)25-14/h1-4H,6H2,(H,20,21)(H2,19,22,23). The fourth-order valence-electron chi connectivity index (χ4n) is 2.34. The third kappa shape index (κ3) is 3.03. The number of rotatable bonds is 4. The first-order valence-electron chi connectivity index (χ1n) is 6.84. The molecule has 0 atom stereocenters. The Morgan fingerprint density at radius 2 is 2.04 bits per heavy atom. The number of ether oxygens (including phenoxy) is 1. The van der Waals surface area contributed by atoms with Crippen molar-refractivity contribution in [3.8, 4) is 28.7 Å². The Balaban J connectivity index is 2.13. The van der Waals surface area contributed by atoms with E-state index >= 15 is 0 Å². The van der Waals surface area contributed by atoms with Gasteiger partial charge in [0.25, 0.3) is 5.56 Å². The number of thiophene rings is 1. The highest BCUT2D eigenvalue weighted by Crippen LogP contribution is 2.45. The summed E-state index contributed by atoms with van der Waals surface area (Å²) in [5.41, 5.74) is 0.0147. The number of hydrogen-bond acceptors (Lipinski definition) is 6. The number of aromatic hydroxyl groups is 1. The van der Waals surface area contributed by atoms with E-state index in [1.165, 1.54) is 0 Å². The van der Waals surface area contributed by atoms with Crippen LogP contribution in [0.25, 0.3) is 21.3 Å². The molecule has 0 aliphatic heterocycles. The molecule has 0 fully saturated rings. The summed E-state index contributed by atoms with van der Waals surface area (Å²) in [5, 5.41) is 28.2. The summed E-state index contributed by atoms with van der Waals surface area (Å²) in [6.07, 6.45) is 0. The molecule has 3 rings (SSSR count). The van der Waals surface area contributed by atoms with Gasteiger partial charge in [-0.3, -0.25) is 4.79 Å². The highest BCUT2D eigenvalue weighted by atomic mass is 35.5. The first kappa shape index (κ1) is 16.8. The lowest BCUT2D eigenvalue weighted by atomic mass is 10.0. The monoisotopic (exact) mass is 376 g/mol. The third-order valence-electron chi connectivity index (χ3n) is 3.41. The number of pyridine rings is 1. The van der Waals surface area contributed by atoms with Crippen molar-refractivity contribution in [2.45, 2.75) is 0 Å². The molecule has 1 aromatic carbocycles. The Morgan fingerprint density at radius 3 is 2.64 bits per heavy atom. The van der Waals surface area contributed by atoms with Crippen molar-refractivity contribution in [2.75, 3.05) is 6.61 Å². The Kier molecular flexibility index (Phi) is 4.35. The number of nitriles is 1. The molecule has 7 nitrogen and oxygen atoms in total. The van der Waals surface area contributed by atoms with Gasteiger partial charge in [-0.05, 0) is 17.7 Å². The second-order valence-corrected chi connectivity index (χ2v) is 6.57. The van der Waals surface area contributed by atoms with Crippen LogP contribution in [0.4, 0.5) is 0 Å². The van der Waals surface area contributed by atoms with Crippen molar-refractivity contribution < 1.29 is 19.7 Å². The molecule has 9 heteroatoms. The van der Waals surface area contributed by atoms with Crippen LogP contribution in [0, 0.1) is 11.3 Å². The number of nitrogens with one attached hydrogen (secondary N) is 1. The van der Waals surface area contributed by atoms with Crippen LogP contribution < -0.4 is 10.3 Å². The largest absolute Gasteiger partial charge is 0.506 e. The number of carboxylic acid groups (broad SMARTS) is 1. The Morgan fingerprint density at radius 1 is 1.36 bits per heavy atom. The van der Waals surface area contributed by atoms with Crippen molar-refractivity contribution in [1.82, 2.24) is 4.98 Å². The van der Waals surface area contributed by atoms with Gasteiger partial charge >= 0.3 is 5.97 Å². The van der Waals surface area contributed by atoms with Gasteiger partial charge in [-0.25, -0.2) is 4.79 Å². The minimum Gasteiger partial charge on any atom is -0.506 e. The number of aromatic amines is 1. The number of hydrogen-bond donors (Lipinski definition) is 3. The van der Waals surface area contributed by atoms with Gasteiger partial charge in [-0.1, -0.05) is 23.7 Å². The van der Waals surface area contributed by atoms with E-state index in [9.17, 15) is 14.7 Å². The molecule has 0 saturated carbocycles. The van der Waals surface area contributed by atoms with E-state index in [-0.39, 0.29) is 10.9 Å². The second kappa shape index (κ2) is 6.47. The molecule has 126 valence electrons. The maximum Gasteiger partial charge on any atom is 0.341 e. The number of carbonyl (C=O) groups is 1. The topological polar surface area (TPSA) is 123 Å². The lowest BCUT2D eigenvalue weighted by molar-refractivity contribution is -0.139. The number of aliphatic carboxylic acids is 1. The van der Waals surface area contributed by atoms with Crippen LogP contribution in [0.5, 0.6) is 11.5 Å². The summed E-state index contributed by atoms with van der Waals surface area (Å²) in [6, 6.07) is 8.08. The highest BCUT2D eigenvalue weighted by molar-refractivity contribution is 7.23. The molecule has 0 amide bonds. The Hall–Kier alpha value is -3.02. The lowest BCUT2D eigenvalue weighted by Gasteiger charge is -2.06. The average Bonchev–Trinajstić information content (AvgIpc) is 2.90. The zero-order chi connectivity index (χ0) is 18.1. The smallest absolute Gasteiger partial charge is 0.341 e. The third-order valence-corrected chi connectivity index (χ3v) is 4.72. The van der Waals surface area contributed by atoms with Crippen LogP contribution >= 0.6 is 22.9 Å². The molecule has 2 aromatic heterocycles. The number of H-pyrrole nitrogens is 1. The number of benzene rings is 1. The number of fused-ring (bicyclic) bond motifs is 1. The first-order chi connectivity index (χ1) is 11.9. The van der Waals surface area contributed by atoms with E-state index in [1.54, 1.807) is 30.3 Å². The summed E-state index contributed by atoms with van der Waals surface area (Å²) in [4.78, 5) is 25.2. The molecule has 3 aromatic rings. The SMILES string of the molecule is N#Cc1c(O)c2c(-c3ccc(OCC(=O)O)cc3)c(Cl)sc2[nH]c1=O. The van der Waals surface area contributed by atoms with Crippen LogP contribution in [-0.2, 0) is 4.79 Å². The average molecular weight is 377 g/mol. The van der Waals surface area contributed by atoms with Gasteiger partial charge in [-0.2, -0.15) is 5.26 Å². The van der Waals surface area contributed by atoms with E-state index in [1.807, 2.05) is 0 Å². The predicted molar refractivity (Wildman–Crippen MR) is 92.4 cm³/mol. The molecule has 25 heavy (non-hydrogen) atoms. The molecule has 0 radical (unpaired) electrons. The molecular formula is C16H9ClN2O5S. The van der Waals surface area contributed by atoms with Gasteiger partial charge in [-0.15, -0.1) is 11.3 Å². The van der Waals surface area contributed by atoms with Crippen LogP contribution in [0.1, 0.15) is 5.56 Å². The molecule has 0 aliphatic rings. The quantitative estimate of drug-likeness (QED) is 0.643. The molecule has 0 saturated heterocycles. The van der Waals surface area contributed by atoms with Crippen LogP contribution in [0.2, 0.25) is 4.34 Å². The molecule has 0 bridgehead atoms. The molecule has 3 N–H and O–H groups in total. The summed E-state index contributed by atoms with van der Waals surface area (Å²) in [5.74, 6) is -1.16. The maximum atomic E-state index is 11.8. The van der Waals surface area contributed by atoms with Gasteiger partial charge < -0.3 is 19.9 Å². The van der Waals surface area contributed by atoms with E-state index < -0.39 is 23.9 Å². The molecular weight excluding hydrogens is 368 g/mol. The van der Waals surface area contributed by atoms with E-state index in [0.29, 0.717) is 26.0 Å². The van der Waals surface area contributed by atoms with Crippen LogP contribution in [0.15, 0.2) is 29.1 Å². The number of nitrogens with zero attached hydrogens (tertiary/aromatic N) is 1. The van der Waals surface area contributed by atoms with E-state index in [4.69, 9.17) is 26.7 Å². The van der Waals surface area contributed by atoms with Crippen LogP contribution in [0.3, 0.4) is 0 Å². The van der Waals surface area contributed by atoms with Crippen molar-refractivity contribution in [1.29, 1.82) is 5.26 Å². The van der Waals surface area contributed by atoms with E-state index in [2.05, 4.69) is 4.98 Å². The number of carboxylic acids is 1. The van der Waals surface area contributed by atoms with Crippen molar-refractivity contribution in [3.05, 3.63) is 44.5 Å². The molecule has 0 spiro atoms. The summed E-state index contributed by atoms with van der Waals surface area (Å²) in [6.45, 7) is -0.463. The number of aromatic nitrogens is 1. The van der Waals surface area contributed by atoms with Gasteiger partial charge in [0.05, 0.1) is 5.39 Å². The van der Waals surface area contributed by atoms with Crippen molar-refractivity contribution >= 4 is 39.1 Å². The van der Waals surface area contributed by atoms with Crippen molar-refractivity contribution in [2.24, 2.45) is 0 Å². The fourth-order valence-corrected chi connectivity index (χ4v) is 3.72. The zero-order valence-electron chi connectivity index (χ0n) is 12.4. The first-order valence-corrected chi connectivity index (χ1v) is 8.04. The summed E-state index contributed by atoms with van der Waals surface area (Å²) >= 11 is 7.33. The normalized spacial score (nSPS) is 10.6. The minimum absolute atomic E-state index is 0.283. The van der Waals surface area contributed by atoms with Crippen molar-refractivity contribution in [3.63, 3.8) is 0 Å². The second-order valence-electron chi connectivity index (χ2n) is 4.95. The van der Waals surface area contributed by atoms with E-state index in [0.717, 1.165) is 11.3 Å². The molecule has 0 aliphatic carbocycles. The molecule has 2 heterocycles. The lowest BCUT2D eigenvalue weighted by Crippen LogP contribution is -2.09. The fraction of sp³-hybridized carbons (Fsp3) is 0.0625. The Labute approximate surface area is 149 Å². The summed E-state index contributed by atoms with van der Waals surface area (Å²) < 4.78 is 5.39. The minimum atomic E-state index is -1.09. The number of halogens is 1. The van der Waals surface area contributed by atoms with Gasteiger partial charge in [0.1, 0.15) is 26.7 Å². The zero-order valence-corrected chi connectivity index (χ0v) is 13.9. The molecule has 0 unspecified atom stereocenters. The van der Waals surface area contributed by atoms with Crippen LogP contribution in [-0.4, -0.2) is 27.8 Å². The predicted octanol–water partition coefficient (Wildman–Crippen LogP) is 2.95. The van der Waals surface area contributed by atoms with Gasteiger partial charge in [0, 0.05) is 5.56 Å². The van der Waals surface area contributed by atoms with Gasteiger partial charge in [0.15, 0.2) is 12.2 Å². The van der Waals surface area contributed by atoms with Gasteiger partial charge in [0.2, 0.25) is 0 Å². The summed E-state index contributed by atoms with van der Waals surface area (Å²) in [7, 11) is 0. The Bertz CT molecular complexity index is 1080. The maximum absolute atomic E-state index is 11.8. The highest BCUT2D eigenvalue weighted by Gasteiger charge is 2.21.